The van der Waals surface area contributed by atoms with Gasteiger partial charge in [-0.2, -0.15) is 4.98 Å². The van der Waals surface area contributed by atoms with E-state index in [1.807, 2.05) is 30.3 Å². The Labute approximate surface area is 118 Å². The summed E-state index contributed by atoms with van der Waals surface area (Å²) in [6, 6.07) is 9.74. The molecule has 1 N–H and O–H groups in total. The summed E-state index contributed by atoms with van der Waals surface area (Å²) >= 11 is 0. The lowest BCUT2D eigenvalue weighted by molar-refractivity contribution is 0.0246. The van der Waals surface area contributed by atoms with Gasteiger partial charge in [-0.05, 0) is 31.0 Å². The number of piperidine rings is 1. The molecule has 1 fully saturated rings. The monoisotopic (exact) mass is 273 g/mol. The number of β-amino-alcohol motifs (C(OH)–C–C–N with tert-alkyl or cyclic N) is 1. The van der Waals surface area contributed by atoms with Crippen LogP contribution < -0.4 is 0 Å². The number of hydrogen-bond donors (Lipinski definition) is 1. The van der Waals surface area contributed by atoms with Crippen LogP contribution in [0.4, 0.5) is 0 Å². The molecule has 2 unspecified atom stereocenters. The molecule has 2 heterocycles. The number of hydrogen-bond acceptors (Lipinski definition) is 5. The van der Waals surface area contributed by atoms with Gasteiger partial charge in [0, 0.05) is 12.1 Å². The molecule has 0 aliphatic carbocycles. The Morgan fingerprint density at radius 3 is 2.90 bits per heavy atom. The van der Waals surface area contributed by atoms with Crippen LogP contribution in [0.2, 0.25) is 0 Å². The zero-order valence-corrected chi connectivity index (χ0v) is 11.6. The molecule has 0 spiro atoms. The largest absolute Gasteiger partial charge is 0.392 e. The van der Waals surface area contributed by atoms with Crippen molar-refractivity contribution in [3.8, 4) is 11.5 Å². The first-order valence-electron chi connectivity index (χ1n) is 7.01. The molecule has 0 saturated carbocycles. The third-order valence-corrected chi connectivity index (χ3v) is 3.86. The normalized spacial score (nSPS) is 23.9. The lowest BCUT2D eigenvalue weighted by Crippen LogP contribution is -2.42. The minimum atomic E-state index is -0.260. The van der Waals surface area contributed by atoms with Crippen LogP contribution in [-0.4, -0.2) is 39.3 Å². The van der Waals surface area contributed by atoms with Crippen molar-refractivity contribution in [2.24, 2.45) is 5.92 Å². The van der Waals surface area contributed by atoms with Gasteiger partial charge in [-0.1, -0.05) is 30.3 Å². The fourth-order valence-electron chi connectivity index (χ4n) is 2.47. The maximum atomic E-state index is 9.90. The third-order valence-electron chi connectivity index (χ3n) is 3.86. The highest BCUT2D eigenvalue weighted by Crippen LogP contribution is 2.20. The zero-order chi connectivity index (χ0) is 13.9. The first-order valence-corrected chi connectivity index (χ1v) is 7.01. The Kier molecular flexibility index (Phi) is 3.80. The Morgan fingerprint density at radius 1 is 1.35 bits per heavy atom. The van der Waals surface area contributed by atoms with Gasteiger partial charge in [-0.3, -0.25) is 4.90 Å². The van der Waals surface area contributed by atoms with E-state index in [0.29, 0.717) is 30.7 Å². The minimum Gasteiger partial charge on any atom is -0.392 e. The smallest absolute Gasteiger partial charge is 0.257 e. The SMILES string of the molecule is CC1CCN(Cc2noc(-c3ccccc3)n2)CC1O. The van der Waals surface area contributed by atoms with Gasteiger partial charge in [0.2, 0.25) is 0 Å². The molecule has 20 heavy (non-hydrogen) atoms. The van der Waals surface area contributed by atoms with E-state index in [1.54, 1.807) is 0 Å². The van der Waals surface area contributed by atoms with E-state index in [2.05, 4.69) is 22.0 Å². The molecule has 0 bridgehead atoms. The minimum absolute atomic E-state index is 0.260. The molecule has 106 valence electrons. The van der Waals surface area contributed by atoms with Crippen LogP contribution >= 0.6 is 0 Å². The van der Waals surface area contributed by atoms with E-state index >= 15 is 0 Å². The van der Waals surface area contributed by atoms with E-state index in [9.17, 15) is 5.11 Å². The number of aliphatic hydroxyl groups excluding tert-OH is 1. The average Bonchev–Trinajstić information content (AvgIpc) is 2.92. The van der Waals surface area contributed by atoms with Crippen molar-refractivity contribution in [1.82, 2.24) is 15.0 Å². The van der Waals surface area contributed by atoms with Crippen LogP contribution in [0.3, 0.4) is 0 Å². The molecule has 1 aromatic carbocycles. The van der Waals surface area contributed by atoms with Crippen LogP contribution in [0.15, 0.2) is 34.9 Å². The molecule has 3 rings (SSSR count). The van der Waals surface area contributed by atoms with Gasteiger partial charge in [0.15, 0.2) is 5.82 Å². The lowest BCUT2D eigenvalue weighted by Gasteiger charge is -2.33. The number of likely N-dealkylation sites (tertiary alicyclic amines) is 1. The highest BCUT2D eigenvalue weighted by Gasteiger charge is 2.25. The van der Waals surface area contributed by atoms with Gasteiger partial charge in [0.1, 0.15) is 0 Å². The predicted molar refractivity (Wildman–Crippen MR) is 74.8 cm³/mol. The highest BCUT2D eigenvalue weighted by atomic mass is 16.5. The van der Waals surface area contributed by atoms with Crippen LogP contribution in [-0.2, 0) is 6.54 Å². The molecule has 5 heteroatoms. The van der Waals surface area contributed by atoms with Gasteiger partial charge in [-0.15, -0.1) is 0 Å². The molecule has 1 aliphatic heterocycles. The van der Waals surface area contributed by atoms with Crippen molar-refractivity contribution in [3.63, 3.8) is 0 Å². The fourth-order valence-corrected chi connectivity index (χ4v) is 2.47. The maximum absolute atomic E-state index is 9.90. The molecule has 1 aliphatic rings. The van der Waals surface area contributed by atoms with E-state index in [-0.39, 0.29) is 6.10 Å². The number of aromatic nitrogens is 2. The van der Waals surface area contributed by atoms with Gasteiger partial charge in [0.25, 0.3) is 5.89 Å². The summed E-state index contributed by atoms with van der Waals surface area (Å²) in [7, 11) is 0. The summed E-state index contributed by atoms with van der Waals surface area (Å²) < 4.78 is 5.29. The molecule has 2 aromatic rings. The molecule has 1 aromatic heterocycles. The van der Waals surface area contributed by atoms with Gasteiger partial charge in [0.05, 0.1) is 12.6 Å². The van der Waals surface area contributed by atoms with E-state index < -0.39 is 0 Å². The molecule has 1 saturated heterocycles. The summed E-state index contributed by atoms with van der Waals surface area (Å²) in [5.41, 5.74) is 0.929. The summed E-state index contributed by atoms with van der Waals surface area (Å²) in [5.74, 6) is 1.59. The molecule has 0 radical (unpaired) electrons. The van der Waals surface area contributed by atoms with E-state index in [1.165, 1.54) is 0 Å². The first kappa shape index (κ1) is 13.3. The Bertz CT molecular complexity index is 555. The van der Waals surface area contributed by atoms with Crippen LogP contribution in [0, 0.1) is 5.92 Å². The van der Waals surface area contributed by atoms with Crippen molar-refractivity contribution < 1.29 is 9.63 Å². The quantitative estimate of drug-likeness (QED) is 0.926. The molecular formula is C15H19N3O2. The number of nitrogens with zero attached hydrogens (tertiary/aromatic N) is 3. The zero-order valence-electron chi connectivity index (χ0n) is 11.6. The molecule has 2 atom stereocenters. The third kappa shape index (κ3) is 2.89. The molecule has 5 nitrogen and oxygen atoms in total. The van der Waals surface area contributed by atoms with Crippen LogP contribution in [0.25, 0.3) is 11.5 Å². The predicted octanol–water partition coefficient (Wildman–Crippen LogP) is 1.94. The molecular weight excluding hydrogens is 254 g/mol. The van der Waals surface area contributed by atoms with Crippen molar-refractivity contribution in [3.05, 3.63) is 36.2 Å². The average molecular weight is 273 g/mol. The Balaban J connectivity index is 1.66. The summed E-state index contributed by atoms with van der Waals surface area (Å²) in [5, 5.41) is 13.9. The van der Waals surface area contributed by atoms with Crippen molar-refractivity contribution in [2.45, 2.75) is 26.0 Å². The second kappa shape index (κ2) is 5.73. The lowest BCUT2D eigenvalue weighted by atomic mass is 9.96. The number of aliphatic hydroxyl groups is 1. The van der Waals surface area contributed by atoms with Crippen molar-refractivity contribution in [2.75, 3.05) is 13.1 Å². The first-order chi connectivity index (χ1) is 9.72. The number of benzene rings is 1. The highest BCUT2D eigenvalue weighted by molar-refractivity contribution is 5.51. The van der Waals surface area contributed by atoms with E-state index in [4.69, 9.17) is 4.52 Å². The topological polar surface area (TPSA) is 62.4 Å². The second-order valence-corrected chi connectivity index (χ2v) is 5.45. The van der Waals surface area contributed by atoms with Crippen LogP contribution in [0.5, 0.6) is 0 Å². The Hall–Kier alpha value is -1.72. The van der Waals surface area contributed by atoms with E-state index in [0.717, 1.165) is 18.5 Å². The van der Waals surface area contributed by atoms with Crippen LogP contribution in [0.1, 0.15) is 19.2 Å². The van der Waals surface area contributed by atoms with Crippen molar-refractivity contribution >= 4 is 0 Å². The van der Waals surface area contributed by atoms with Gasteiger partial charge < -0.3 is 9.63 Å². The summed E-state index contributed by atoms with van der Waals surface area (Å²) in [6.45, 7) is 4.35. The van der Waals surface area contributed by atoms with Crippen molar-refractivity contribution in [1.29, 1.82) is 0 Å². The standard InChI is InChI=1S/C15H19N3O2/c1-11-7-8-18(9-13(11)19)10-14-16-15(20-17-14)12-5-3-2-4-6-12/h2-6,11,13,19H,7-10H2,1H3. The summed E-state index contributed by atoms with van der Waals surface area (Å²) in [4.78, 5) is 6.59. The van der Waals surface area contributed by atoms with Gasteiger partial charge in [-0.25, -0.2) is 0 Å². The fraction of sp³-hybridized carbons (Fsp3) is 0.467. The number of rotatable bonds is 3. The second-order valence-electron chi connectivity index (χ2n) is 5.45. The molecule has 0 amide bonds. The summed E-state index contributed by atoms with van der Waals surface area (Å²) in [6.07, 6.45) is 0.745. The maximum Gasteiger partial charge on any atom is 0.257 e. The Morgan fingerprint density at radius 2 is 2.15 bits per heavy atom. The van der Waals surface area contributed by atoms with Gasteiger partial charge >= 0.3 is 0 Å².